The maximum Gasteiger partial charge on any atom is 0.275 e. The Kier molecular flexibility index (Phi) is 5.71. The Hall–Kier alpha value is -3.34. The Balaban J connectivity index is 1.72. The molecule has 0 aromatic heterocycles. The molecule has 0 aliphatic rings. The van der Waals surface area contributed by atoms with Crippen LogP contribution in [0.1, 0.15) is 29.8 Å². The van der Waals surface area contributed by atoms with Crippen LogP contribution in [0.15, 0.2) is 65.8 Å². The summed E-state index contributed by atoms with van der Waals surface area (Å²) in [5.41, 5.74) is 3.85. The molecule has 0 heterocycles. The molecule has 0 saturated heterocycles. The van der Waals surface area contributed by atoms with Gasteiger partial charge in [-0.25, -0.2) is 5.43 Å². The van der Waals surface area contributed by atoms with Crippen molar-refractivity contribution < 1.29 is 14.3 Å². The Labute approximate surface area is 158 Å². The second-order valence-electron chi connectivity index (χ2n) is 6.33. The van der Waals surface area contributed by atoms with Gasteiger partial charge in [0.05, 0.1) is 25.0 Å². The Morgan fingerprint density at radius 2 is 1.70 bits per heavy atom. The van der Waals surface area contributed by atoms with E-state index in [0.29, 0.717) is 11.3 Å². The SMILES string of the molecule is COc1cc2ccccc2cc1C(=O)N/N=C\c1ccc(OC(C)C)cc1. The number of hydrazone groups is 1. The van der Waals surface area contributed by atoms with Crippen LogP contribution < -0.4 is 14.9 Å². The first-order chi connectivity index (χ1) is 13.1. The number of methoxy groups -OCH3 is 1. The first-order valence-electron chi connectivity index (χ1n) is 8.73. The number of benzene rings is 3. The lowest BCUT2D eigenvalue weighted by molar-refractivity contribution is 0.0952. The topological polar surface area (TPSA) is 59.9 Å². The van der Waals surface area contributed by atoms with Crippen LogP contribution >= 0.6 is 0 Å². The van der Waals surface area contributed by atoms with Crippen molar-refractivity contribution in [2.24, 2.45) is 5.10 Å². The number of ether oxygens (including phenoxy) is 2. The minimum Gasteiger partial charge on any atom is -0.496 e. The van der Waals surface area contributed by atoms with E-state index in [1.165, 1.54) is 0 Å². The lowest BCUT2D eigenvalue weighted by Gasteiger charge is -2.09. The zero-order valence-electron chi connectivity index (χ0n) is 15.6. The summed E-state index contributed by atoms with van der Waals surface area (Å²) in [5, 5.41) is 6.02. The van der Waals surface area contributed by atoms with Gasteiger partial charge in [0.15, 0.2) is 0 Å². The van der Waals surface area contributed by atoms with E-state index < -0.39 is 0 Å². The van der Waals surface area contributed by atoms with E-state index in [1.54, 1.807) is 19.4 Å². The molecular formula is C22H22N2O3. The van der Waals surface area contributed by atoms with Gasteiger partial charge in [0.2, 0.25) is 0 Å². The van der Waals surface area contributed by atoms with Gasteiger partial charge in [-0.3, -0.25) is 4.79 Å². The fourth-order valence-electron chi connectivity index (χ4n) is 2.70. The fraction of sp³-hybridized carbons (Fsp3) is 0.182. The maximum absolute atomic E-state index is 12.5. The van der Waals surface area contributed by atoms with Gasteiger partial charge in [-0.15, -0.1) is 0 Å². The summed E-state index contributed by atoms with van der Waals surface area (Å²) >= 11 is 0. The summed E-state index contributed by atoms with van der Waals surface area (Å²) in [6, 6.07) is 19.0. The Morgan fingerprint density at radius 1 is 1.04 bits per heavy atom. The number of amides is 1. The minimum absolute atomic E-state index is 0.126. The van der Waals surface area contributed by atoms with Crippen LogP contribution in [-0.4, -0.2) is 25.3 Å². The highest BCUT2D eigenvalue weighted by molar-refractivity contribution is 6.01. The van der Waals surface area contributed by atoms with Crippen LogP contribution in [0.2, 0.25) is 0 Å². The van der Waals surface area contributed by atoms with E-state index in [4.69, 9.17) is 9.47 Å². The third-order valence-electron chi connectivity index (χ3n) is 3.94. The van der Waals surface area contributed by atoms with Crippen molar-refractivity contribution >= 4 is 22.9 Å². The van der Waals surface area contributed by atoms with Crippen molar-refractivity contribution in [2.75, 3.05) is 7.11 Å². The molecule has 5 heteroatoms. The number of fused-ring (bicyclic) bond motifs is 1. The lowest BCUT2D eigenvalue weighted by Crippen LogP contribution is -2.18. The molecule has 27 heavy (non-hydrogen) atoms. The van der Waals surface area contributed by atoms with E-state index in [2.05, 4.69) is 10.5 Å². The smallest absolute Gasteiger partial charge is 0.275 e. The monoisotopic (exact) mass is 362 g/mol. The van der Waals surface area contributed by atoms with Crippen molar-refractivity contribution in [1.82, 2.24) is 5.43 Å². The number of hydrogen-bond acceptors (Lipinski definition) is 4. The fourth-order valence-corrected chi connectivity index (χ4v) is 2.70. The van der Waals surface area contributed by atoms with Gasteiger partial charge in [-0.05, 0) is 66.6 Å². The summed E-state index contributed by atoms with van der Waals surface area (Å²) in [6.07, 6.45) is 1.71. The molecule has 0 unspecified atom stereocenters. The number of hydrogen-bond donors (Lipinski definition) is 1. The number of nitrogens with zero attached hydrogens (tertiary/aromatic N) is 1. The van der Waals surface area contributed by atoms with E-state index in [1.807, 2.05) is 68.4 Å². The van der Waals surface area contributed by atoms with Crippen molar-refractivity contribution in [2.45, 2.75) is 20.0 Å². The molecular weight excluding hydrogens is 340 g/mol. The van der Waals surface area contributed by atoms with Gasteiger partial charge in [-0.1, -0.05) is 24.3 Å². The van der Waals surface area contributed by atoms with Crippen LogP contribution in [0.4, 0.5) is 0 Å². The van der Waals surface area contributed by atoms with Crippen LogP contribution in [0, 0.1) is 0 Å². The van der Waals surface area contributed by atoms with E-state index >= 15 is 0 Å². The number of nitrogens with one attached hydrogen (secondary N) is 1. The quantitative estimate of drug-likeness (QED) is 0.522. The predicted molar refractivity (Wildman–Crippen MR) is 108 cm³/mol. The highest BCUT2D eigenvalue weighted by Crippen LogP contribution is 2.25. The van der Waals surface area contributed by atoms with Crippen molar-refractivity contribution in [3.63, 3.8) is 0 Å². The van der Waals surface area contributed by atoms with Gasteiger partial charge in [0.25, 0.3) is 5.91 Å². The number of carbonyl (C=O) groups is 1. The maximum atomic E-state index is 12.5. The normalized spacial score (nSPS) is 11.1. The molecule has 0 bridgehead atoms. The van der Waals surface area contributed by atoms with Gasteiger partial charge in [-0.2, -0.15) is 5.10 Å². The van der Waals surface area contributed by atoms with Crippen molar-refractivity contribution in [3.05, 3.63) is 71.8 Å². The number of carbonyl (C=O) groups excluding carboxylic acids is 1. The molecule has 3 aromatic carbocycles. The largest absolute Gasteiger partial charge is 0.496 e. The average Bonchev–Trinajstić information content (AvgIpc) is 2.67. The molecule has 5 nitrogen and oxygen atoms in total. The van der Waals surface area contributed by atoms with Gasteiger partial charge < -0.3 is 9.47 Å². The highest BCUT2D eigenvalue weighted by atomic mass is 16.5. The van der Waals surface area contributed by atoms with Gasteiger partial charge in [0.1, 0.15) is 11.5 Å². The molecule has 0 spiro atoms. The minimum atomic E-state index is -0.325. The summed E-state index contributed by atoms with van der Waals surface area (Å²) < 4.78 is 11.0. The van der Waals surface area contributed by atoms with Crippen LogP contribution in [0.3, 0.4) is 0 Å². The Morgan fingerprint density at radius 3 is 2.33 bits per heavy atom. The van der Waals surface area contributed by atoms with Gasteiger partial charge >= 0.3 is 0 Å². The molecule has 0 atom stereocenters. The number of rotatable bonds is 6. The molecule has 0 saturated carbocycles. The molecule has 0 fully saturated rings. The summed E-state index contributed by atoms with van der Waals surface area (Å²) in [7, 11) is 1.55. The Bertz CT molecular complexity index is 963. The molecule has 1 N–H and O–H groups in total. The molecule has 0 aliphatic heterocycles. The molecule has 0 radical (unpaired) electrons. The molecule has 0 aliphatic carbocycles. The van der Waals surface area contributed by atoms with Crippen LogP contribution in [0.25, 0.3) is 10.8 Å². The second kappa shape index (κ2) is 8.36. The van der Waals surface area contributed by atoms with E-state index in [0.717, 1.165) is 22.1 Å². The van der Waals surface area contributed by atoms with E-state index in [9.17, 15) is 4.79 Å². The first kappa shape index (κ1) is 18.5. The van der Waals surface area contributed by atoms with Crippen LogP contribution in [0.5, 0.6) is 11.5 Å². The zero-order chi connectivity index (χ0) is 19.2. The molecule has 3 rings (SSSR count). The van der Waals surface area contributed by atoms with Gasteiger partial charge in [0, 0.05) is 0 Å². The molecule has 138 valence electrons. The standard InChI is InChI=1S/C22H22N2O3/c1-15(2)27-19-10-8-16(9-11-19)14-23-24-22(25)20-12-17-6-4-5-7-18(17)13-21(20)26-3/h4-15H,1-3H3,(H,24,25)/b23-14-. The summed E-state index contributed by atoms with van der Waals surface area (Å²) in [4.78, 5) is 12.5. The highest BCUT2D eigenvalue weighted by Gasteiger charge is 2.13. The zero-order valence-corrected chi connectivity index (χ0v) is 15.6. The van der Waals surface area contributed by atoms with E-state index in [-0.39, 0.29) is 12.0 Å². The predicted octanol–water partition coefficient (Wildman–Crippen LogP) is 4.40. The summed E-state index contributed by atoms with van der Waals surface area (Å²) in [6.45, 7) is 3.96. The van der Waals surface area contributed by atoms with Crippen LogP contribution in [-0.2, 0) is 0 Å². The third-order valence-corrected chi connectivity index (χ3v) is 3.94. The summed E-state index contributed by atoms with van der Waals surface area (Å²) in [5.74, 6) is 0.984. The molecule has 3 aromatic rings. The lowest BCUT2D eigenvalue weighted by atomic mass is 10.1. The molecule has 1 amide bonds. The second-order valence-corrected chi connectivity index (χ2v) is 6.33. The third kappa shape index (κ3) is 4.64. The first-order valence-corrected chi connectivity index (χ1v) is 8.73. The van der Waals surface area contributed by atoms with Crippen molar-refractivity contribution in [1.29, 1.82) is 0 Å². The average molecular weight is 362 g/mol. The van der Waals surface area contributed by atoms with Crippen molar-refractivity contribution in [3.8, 4) is 11.5 Å².